The maximum Gasteiger partial charge on any atom is 0.320 e. The number of hydrogen-bond acceptors (Lipinski definition) is 3. The number of piperidine rings is 1. The van der Waals surface area contributed by atoms with Gasteiger partial charge in [-0.2, -0.15) is 0 Å². The zero-order valence-corrected chi connectivity index (χ0v) is 12.9. The number of nitrogens with zero attached hydrogens (tertiary/aromatic N) is 2. The molecule has 0 spiro atoms. The molecule has 6 heteroatoms. The molecule has 3 heterocycles. The quantitative estimate of drug-likeness (QED) is 0.867. The molecule has 3 rings (SSSR count). The molecule has 1 aromatic heterocycles. The van der Waals surface area contributed by atoms with Gasteiger partial charge in [-0.3, -0.25) is 4.79 Å². The molecule has 1 N–H and O–H groups in total. The summed E-state index contributed by atoms with van der Waals surface area (Å²) in [5, 5.41) is 11.2. The normalized spacial score (nSPS) is 25.6. The highest BCUT2D eigenvalue weighted by Crippen LogP contribution is 2.33. The molecular weight excluding hydrogens is 288 g/mol. The second kappa shape index (κ2) is 5.67. The Balaban J connectivity index is 1.72. The van der Waals surface area contributed by atoms with Gasteiger partial charge in [-0.1, -0.05) is 0 Å². The van der Waals surface area contributed by atoms with Crippen molar-refractivity contribution in [2.45, 2.75) is 32.2 Å². The van der Waals surface area contributed by atoms with Crippen LogP contribution in [-0.4, -0.2) is 46.5 Å². The van der Waals surface area contributed by atoms with Crippen molar-refractivity contribution in [3.05, 3.63) is 21.9 Å². The van der Waals surface area contributed by atoms with Crippen LogP contribution in [0, 0.1) is 5.92 Å². The van der Waals surface area contributed by atoms with Gasteiger partial charge in [-0.15, -0.1) is 11.3 Å². The van der Waals surface area contributed by atoms with Gasteiger partial charge in [0.1, 0.15) is 0 Å². The zero-order valence-electron chi connectivity index (χ0n) is 12.1. The van der Waals surface area contributed by atoms with Gasteiger partial charge in [0.05, 0.1) is 12.0 Å². The minimum atomic E-state index is -0.792. The summed E-state index contributed by atoms with van der Waals surface area (Å²) >= 11 is 1.75. The van der Waals surface area contributed by atoms with Gasteiger partial charge in [0, 0.05) is 24.5 Å². The number of thiophene rings is 1. The lowest BCUT2D eigenvalue weighted by molar-refractivity contribution is -0.143. The Morgan fingerprint density at radius 2 is 2.19 bits per heavy atom. The molecule has 0 aliphatic carbocycles. The summed E-state index contributed by atoms with van der Waals surface area (Å²) in [5.41, 5.74) is 1.24. The topological polar surface area (TPSA) is 60.9 Å². The Morgan fingerprint density at radius 1 is 1.38 bits per heavy atom. The highest BCUT2D eigenvalue weighted by atomic mass is 32.1. The predicted octanol–water partition coefficient (Wildman–Crippen LogP) is 2.58. The highest BCUT2D eigenvalue weighted by molar-refractivity contribution is 7.10. The van der Waals surface area contributed by atoms with Gasteiger partial charge in [-0.05, 0) is 43.2 Å². The summed E-state index contributed by atoms with van der Waals surface area (Å²) in [6.07, 6.45) is 2.34. The average molecular weight is 308 g/mol. The molecule has 0 saturated carbocycles. The summed E-state index contributed by atoms with van der Waals surface area (Å²) < 4.78 is 0. The Labute approximate surface area is 128 Å². The number of urea groups is 1. The number of aliphatic carboxylic acids is 1. The summed E-state index contributed by atoms with van der Waals surface area (Å²) in [7, 11) is 0. The van der Waals surface area contributed by atoms with Crippen molar-refractivity contribution < 1.29 is 14.7 Å². The molecule has 114 valence electrons. The zero-order chi connectivity index (χ0) is 15.0. The largest absolute Gasteiger partial charge is 0.481 e. The first-order valence-corrected chi connectivity index (χ1v) is 8.30. The fraction of sp³-hybridized carbons (Fsp3) is 0.600. The number of rotatable bonds is 1. The van der Waals surface area contributed by atoms with Crippen LogP contribution in [0.5, 0.6) is 0 Å². The van der Waals surface area contributed by atoms with Crippen molar-refractivity contribution in [2.75, 3.05) is 19.6 Å². The molecule has 2 aliphatic rings. The third kappa shape index (κ3) is 2.64. The smallest absolute Gasteiger partial charge is 0.320 e. The minimum absolute atomic E-state index is 0.00898. The van der Waals surface area contributed by atoms with Crippen molar-refractivity contribution >= 4 is 23.3 Å². The lowest BCUT2D eigenvalue weighted by Gasteiger charge is -2.39. The van der Waals surface area contributed by atoms with Crippen LogP contribution in [-0.2, 0) is 11.2 Å². The minimum Gasteiger partial charge on any atom is -0.481 e. The molecular formula is C15H20N2O3S. The van der Waals surface area contributed by atoms with E-state index in [0.717, 1.165) is 19.4 Å². The number of carboxylic acids is 1. The SMILES string of the molecule is CC1c2ccsc2CCN1C(=O)N1CCC[C@@H](C(=O)O)C1. The van der Waals surface area contributed by atoms with E-state index in [-0.39, 0.29) is 12.1 Å². The Bertz CT molecular complexity index is 557. The van der Waals surface area contributed by atoms with Gasteiger partial charge in [0.25, 0.3) is 0 Å². The van der Waals surface area contributed by atoms with Crippen LogP contribution in [0.3, 0.4) is 0 Å². The molecule has 5 nitrogen and oxygen atoms in total. The third-order valence-corrected chi connectivity index (χ3v) is 5.56. The van der Waals surface area contributed by atoms with E-state index in [1.54, 1.807) is 16.2 Å². The molecule has 0 bridgehead atoms. The molecule has 21 heavy (non-hydrogen) atoms. The molecule has 0 aromatic carbocycles. The average Bonchev–Trinajstić information content (AvgIpc) is 2.96. The second-order valence-electron chi connectivity index (χ2n) is 5.82. The van der Waals surface area contributed by atoms with E-state index in [9.17, 15) is 9.59 Å². The van der Waals surface area contributed by atoms with Crippen LogP contribution in [0.15, 0.2) is 11.4 Å². The van der Waals surface area contributed by atoms with Crippen LogP contribution in [0.4, 0.5) is 4.79 Å². The third-order valence-electron chi connectivity index (χ3n) is 4.56. The summed E-state index contributed by atoms with van der Waals surface area (Å²) in [5.74, 6) is -1.21. The monoisotopic (exact) mass is 308 g/mol. The lowest BCUT2D eigenvalue weighted by atomic mass is 9.98. The summed E-state index contributed by atoms with van der Waals surface area (Å²) in [6.45, 7) is 3.79. The predicted molar refractivity (Wildman–Crippen MR) is 80.5 cm³/mol. The van der Waals surface area contributed by atoms with E-state index < -0.39 is 11.9 Å². The van der Waals surface area contributed by atoms with Crippen LogP contribution in [0.1, 0.15) is 36.2 Å². The van der Waals surface area contributed by atoms with Crippen molar-refractivity contribution in [3.63, 3.8) is 0 Å². The number of amides is 2. The standard InChI is InChI=1S/C15H20N2O3S/c1-10-12-5-8-21-13(12)4-7-17(10)15(20)16-6-2-3-11(9-16)14(18)19/h5,8,10-11H,2-4,6-7,9H2,1H3,(H,18,19)/t10?,11-/m1/s1. The second-order valence-corrected chi connectivity index (χ2v) is 6.83. The van der Waals surface area contributed by atoms with Gasteiger partial charge < -0.3 is 14.9 Å². The first-order chi connectivity index (χ1) is 10.1. The van der Waals surface area contributed by atoms with Crippen LogP contribution < -0.4 is 0 Å². The number of carboxylic acid groups (broad SMARTS) is 1. The maximum absolute atomic E-state index is 12.7. The summed E-state index contributed by atoms with van der Waals surface area (Å²) in [6, 6.07) is 2.17. The fourth-order valence-corrected chi connectivity index (χ4v) is 4.27. The van der Waals surface area contributed by atoms with Crippen LogP contribution >= 0.6 is 11.3 Å². The van der Waals surface area contributed by atoms with E-state index in [4.69, 9.17) is 5.11 Å². The lowest BCUT2D eigenvalue weighted by Crippen LogP contribution is -2.50. The van der Waals surface area contributed by atoms with E-state index in [2.05, 4.69) is 18.4 Å². The Morgan fingerprint density at radius 3 is 2.95 bits per heavy atom. The van der Waals surface area contributed by atoms with Crippen molar-refractivity contribution in [3.8, 4) is 0 Å². The number of carbonyl (C=O) groups is 2. The molecule has 2 atom stereocenters. The maximum atomic E-state index is 12.7. The van der Waals surface area contributed by atoms with Gasteiger partial charge >= 0.3 is 12.0 Å². The molecule has 1 unspecified atom stereocenters. The number of hydrogen-bond donors (Lipinski definition) is 1. The Kier molecular flexibility index (Phi) is 3.89. The molecule has 1 saturated heterocycles. The van der Waals surface area contributed by atoms with Gasteiger partial charge in [0.2, 0.25) is 0 Å². The molecule has 2 aliphatic heterocycles. The number of fused-ring (bicyclic) bond motifs is 1. The summed E-state index contributed by atoms with van der Waals surface area (Å²) in [4.78, 5) is 28.8. The van der Waals surface area contributed by atoms with Gasteiger partial charge in [-0.25, -0.2) is 4.79 Å². The van der Waals surface area contributed by atoms with Crippen LogP contribution in [0.2, 0.25) is 0 Å². The van der Waals surface area contributed by atoms with E-state index in [0.29, 0.717) is 19.5 Å². The highest BCUT2D eigenvalue weighted by Gasteiger charge is 2.34. The molecule has 2 amide bonds. The Hall–Kier alpha value is -1.56. The van der Waals surface area contributed by atoms with Crippen molar-refractivity contribution in [1.29, 1.82) is 0 Å². The van der Waals surface area contributed by atoms with Crippen LogP contribution in [0.25, 0.3) is 0 Å². The first kappa shape index (κ1) is 14.4. The van der Waals surface area contributed by atoms with E-state index >= 15 is 0 Å². The molecule has 1 fully saturated rings. The van der Waals surface area contributed by atoms with E-state index in [1.165, 1.54) is 10.4 Å². The number of likely N-dealkylation sites (tertiary alicyclic amines) is 1. The van der Waals surface area contributed by atoms with Crippen molar-refractivity contribution in [1.82, 2.24) is 9.80 Å². The first-order valence-electron chi connectivity index (χ1n) is 7.42. The van der Waals surface area contributed by atoms with E-state index in [1.807, 2.05) is 4.90 Å². The fourth-order valence-electron chi connectivity index (χ4n) is 3.30. The number of carbonyl (C=O) groups excluding carboxylic acids is 1. The molecule has 1 aromatic rings. The van der Waals surface area contributed by atoms with Gasteiger partial charge in [0.15, 0.2) is 0 Å². The van der Waals surface area contributed by atoms with Crippen molar-refractivity contribution in [2.24, 2.45) is 5.92 Å². The molecule has 0 radical (unpaired) electrons.